The summed E-state index contributed by atoms with van der Waals surface area (Å²) in [6, 6.07) is 0. The number of hydrogen-bond donors (Lipinski definition) is 0. The van der Waals surface area contributed by atoms with Crippen LogP contribution in [0.1, 0.15) is 13.8 Å². The van der Waals surface area contributed by atoms with Gasteiger partial charge in [-0.1, -0.05) is 12.2 Å². The summed E-state index contributed by atoms with van der Waals surface area (Å²) in [7, 11) is 0. The van der Waals surface area contributed by atoms with Gasteiger partial charge >= 0.3 is 11.9 Å². The molecule has 1 aliphatic heterocycles. The first-order valence-electron chi connectivity index (χ1n) is 5.67. The third kappa shape index (κ3) is 2.43. The highest BCUT2D eigenvalue weighted by molar-refractivity contribution is 5.92. The van der Waals surface area contributed by atoms with Crippen LogP contribution in [0.3, 0.4) is 0 Å². The number of fused-ring (bicyclic) bond motifs is 1. The molecule has 4 atom stereocenters. The Morgan fingerprint density at radius 3 is 2.50 bits per heavy atom. The van der Waals surface area contributed by atoms with Crippen LogP contribution in [-0.4, -0.2) is 42.6 Å². The predicted molar refractivity (Wildman–Crippen MR) is 58.5 cm³/mol. The van der Waals surface area contributed by atoms with Crippen LogP contribution in [0.15, 0.2) is 12.2 Å². The van der Waals surface area contributed by atoms with Crippen molar-refractivity contribution in [2.75, 3.05) is 6.61 Å². The van der Waals surface area contributed by atoms with Gasteiger partial charge in [0.1, 0.15) is 12.7 Å². The highest BCUT2D eigenvalue weighted by Gasteiger charge is 2.48. The summed E-state index contributed by atoms with van der Waals surface area (Å²) in [4.78, 5) is 33.8. The van der Waals surface area contributed by atoms with Gasteiger partial charge < -0.3 is 14.2 Å². The molecule has 0 aromatic carbocycles. The maximum absolute atomic E-state index is 12.0. The molecule has 0 spiro atoms. The minimum absolute atomic E-state index is 0.101. The van der Waals surface area contributed by atoms with Gasteiger partial charge in [-0.2, -0.15) is 0 Å². The second-order valence-electron chi connectivity index (χ2n) is 4.28. The van der Waals surface area contributed by atoms with Crippen LogP contribution in [0.25, 0.3) is 0 Å². The van der Waals surface area contributed by atoms with Crippen LogP contribution in [0.4, 0.5) is 0 Å². The molecule has 0 aromatic rings. The van der Waals surface area contributed by atoms with Crippen LogP contribution in [0.5, 0.6) is 0 Å². The standard InChI is InChI=1S/C12H14O6/c1-6(13)16-5-10-12(17-7(2)14)11(15)8-3-4-9(8)18-10/h3-4,8-10,12H,5H2,1-2H3/t8-,9+,10+,12+/m0/s1. The number of carbonyl (C=O) groups excluding carboxylic acids is 3. The maximum Gasteiger partial charge on any atom is 0.303 e. The SMILES string of the molecule is CC(=O)OC[C@H]1O[C@@H]2C=C[C@@H]2C(=O)[C@@H]1OC(C)=O. The molecule has 0 bridgehead atoms. The third-order valence-corrected chi connectivity index (χ3v) is 2.88. The fourth-order valence-corrected chi connectivity index (χ4v) is 1.98. The number of Topliss-reactive ketones (excluding diaryl/α,β-unsaturated/α-hetero) is 1. The molecule has 0 aromatic heterocycles. The van der Waals surface area contributed by atoms with Crippen LogP contribution < -0.4 is 0 Å². The summed E-state index contributed by atoms with van der Waals surface area (Å²) in [5, 5.41) is 0. The normalized spacial score (nSPS) is 33.3. The van der Waals surface area contributed by atoms with Gasteiger partial charge in [-0.25, -0.2) is 0 Å². The largest absolute Gasteiger partial charge is 0.463 e. The molecule has 0 radical (unpaired) electrons. The fraction of sp³-hybridized carbons (Fsp3) is 0.583. The Hall–Kier alpha value is -1.69. The summed E-state index contributed by atoms with van der Waals surface area (Å²) in [6.07, 6.45) is 1.42. The zero-order valence-corrected chi connectivity index (χ0v) is 10.1. The van der Waals surface area contributed by atoms with Crippen molar-refractivity contribution >= 4 is 17.7 Å². The van der Waals surface area contributed by atoms with E-state index in [2.05, 4.69) is 0 Å². The van der Waals surface area contributed by atoms with Crippen molar-refractivity contribution in [1.29, 1.82) is 0 Å². The van der Waals surface area contributed by atoms with E-state index in [1.54, 1.807) is 12.2 Å². The van der Waals surface area contributed by atoms with Gasteiger partial charge in [-0.15, -0.1) is 0 Å². The van der Waals surface area contributed by atoms with Gasteiger partial charge in [0, 0.05) is 13.8 Å². The lowest BCUT2D eigenvalue weighted by atomic mass is 9.81. The lowest BCUT2D eigenvalue weighted by Crippen LogP contribution is -2.56. The topological polar surface area (TPSA) is 78.9 Å². The van der Waals surface area contributed by atoms with Gasteiger partial charge in [0.15, 0.2) is 11.9 Å². The van der Waals surface area contributed by atoms with Crippen molar-refractivity contribution in [3.05, 3.63) is 12.2 Å². The molecule has 1 heterocycles. The third-order valence-electron chi connectivity index (χ3n) is 2.88. The van der Waals surface area contributed by atoms with E-state index in [1.807, 2.05) is 0 Å². The molecule has 18 heavy (non-hydrogen) atoms. The molecule has 0 saturated carbocycles. The van der Waals surface area contributed by atoms with Crippen LogP contribution in [0.2, 0.25) is 0 Å². The monoisotopic (exact) mass is 254 g/mol. The van der Waals surface area contributed by atoms with E-state index >= 15 is 0 Å². The molecule has 1 aliphatic carbocycles. The quantitative estimate of drug-likeness (QED) is 0.521. The van der Waals surface area contributed by atoms with E-state index in [0.29, 0.717) is 0 Å². The molecule has 0 amide bonds. The Morgan fingerprint density at radius 1 is 1.28 bits per heavy atom. The minimum Gasteiger partial charge on any atom is -0.463 e. The van der Waals surface area contributed by atoms with Gasteiger partial charge in [-0.3, -0.25) is 14.4 Å². The molecular weight excluding hydrogens is 240 g/mol. The van der Waals surface area contributed by atoms with Crippen molar-refractivity contribution < 1.29 is 28.6 Å². The van der Waals surface area contributed by atoms with Crippen molar-refractivity contribution in [2.45, 2.75) is 32.2 Å². The molecule has 1 fully saturated rings. The Labute approximate surface area is 104 Å². The number of ether oxygens (including phenoxy) is 3. The van der Waals surface area contributed by atoms with Crippen molar-refractivity contribution in [3.8, 4) is 0 Å². The van der Waals surface area contributed by atoms with Crippen LogP contribution in [-0.2, 0) is 28.6 Å². The number of ketones is 1. The first-order valence-corrected chi connectivity index (χ1v) is 5.67. The number of esters is 2. The fourth-order valence-electron chi connectivity index (χ4n) is 1.98. The number of carbonyl (C=O) groups is 3. The van der Waals surface area contributed by atoms with Crippen molar-refractivity contribution in [1.82, 2.24) is 0 Å². The van der Waals surface area contributed by atoms with Gasteiger partial charge in [-0.05, 0) is 0 Å². The lowest BCUT2D eigenvalue weighted by molar-refractivity contribution is -0.189. The molecule has 0 unspecified atom stereocenters. The first-order chi connectivity index (χ1) is 8.49. The lowest BCUT2D eigenvalue weighted by Gasteiger charge is -2.41. The average molecular weight is 254 g/mol. The second-order valence-corrected chi connectivity index (χ2v) is 4.28. The molecule has 2 aliphatic rings. The minimum atomic E-state index is -1.01. The summed E-state index contributed by atoms with van der Waals surface area (Å²) in [6.45, 7) is 2.38. The summed E-state index contributed by atoms with van der Waals surface area (Å²) in [5.74, 6) is -1.60. The van der Waals surface area contributed by atoms with Crippen molar-refractivity contribution in [3.63, 3.8) is 0 Å². The van der Waals surface area contributed by atoms with E-state index in [9.17, 15) is 14.4 Å². The highest BCUT2D eigenvalue weighted by atomic mass is 16.6. The molecule has 1 saturated heterocycles. The van der Waals surface area contributed by atoms with Gasteiger partial charge in [0.05, 0.1) is 12.0 Å². The summed E-state index contributed by atoms with van der Waals surface area (Å²) >= 11 is 0. The molecule has 0 N–H and O–H groups in total. The Balaban J connectivity index is 2.08. The smallest absolute Gasteiger partial charge is 0.303 e. The Morgan fingerprint density at radius 2 is 2.00 bits per heavy atom. The van der Waals surface area contributed by atoms with Crippen LogP contribution in [0, 0.1) is 5.92 Å². The zero-order valence-electron chi connectivity index (χ0n) is 10.1. The first kappa shape index (κ1) is 12.8. The van der Waals surface area contributed by atoms with E-state index in [1.165, 1.54) is 13.8 Å². The molecule has 2 rings (SSSR count). The Kier molecular flexibility index (Phi) is 3.47. The van der Waals surface area contributed by atoms with Gasteiger partial charge in [0.25, 0.3) is 0 Å². The van der Waals surface area contributed by atoms with Crippen LogP contribution >= 0.6 is 0 Å². The molecule has 6 heteroatoms. The predicted octanol–water partition coefficient (Wildman–Crippen LogP) is 0.00370. The number of rotatable bonds is 3. The molecule has 98 valence electrons. The average Bonchev–Trinajstić information content (AvgIpc) is 2.22. The van der Waals surface area contributed by atoms with E-state index in [0.717, 1.165) is 0 Å². The Bertz CT molecular complexity index is 413. The molecule has 6 nitrogen and oxygen atoms in total. The van der Waals surface area contributed by atoms with Gasteiger partial charge in [0.2, 0.25) is 0 Å². The zero-order chi connectivity index (χ0) is 13.3. The summed E-state index contributed by atoms with van der Waals surface area (Å²) in [5.41, 5.74) is 0. The van der Waals surface area contributed by atoms with E-state index < -0.39 is 24.1 Å². The van der Waals surface area contributed by atoms with E-state index in [4.69, 9.17) is 14.2 Å². The van der Waals surface area contributed by atoms with E-state index in [-0.39, 0.29) is 24.4 Å². The van der Waals surface area contributed by atoms with Crippen molar-refractivity contribution in [2.24, 2.45) is 5.92 Å². The summed E-state index contributed by atoms with van der Waals surface area (Å²) < 4.78 is 15.3. The maximum atomic E-state index is 12.0. The molecular formula is C12H14O6. The second kappa shape index (κ2) is 4.89. The highest BCUT2D eigenvalue weighted by Crippen LogP contribution is 2.32. The number of hydrogen-bond acceptors (Lipinski definition) is 6.